The number of halogens is 1. The van der Waals surface area contributed by atoms with Gasteiger partial charge in [-0.25, -0.2) is 0 Å². The lowest BCUT2D eigenvalue weighted by Crippen LogP contribution is -2.63. The van der Waals surface area contributed by atoms with Gasteiger partial charge in [-0.1, -0.05) is 49.7 Å². The summed E-state index contributed by atoms with van der Waals surface area (Å²) in [5, 5.41) is 7.27. The highest BCUT2D eigenvalue weighted by molar-refractivity contribution is 6.31. The molecule has 5 nitrogen and oxygen atoms in total. The molecule has 0 spiro atoms. The van der Waals surface area contributed by atoms with Crippen molar-refractivity contribution in [2.24, 2.45) is 0 Å². The van der Waals surface area contributed by atoms with Crippen LogP contribution in [-0.2, 0) is 20.5 Å². The molecular weight excluding hydrogens is 422 g/mol. The third kappa shape index (κ3) is 4.68. The summed E-state index contributed by atoms with van der Waals surface area (Å²) in [4.78, 5) is 25.1. The second-order valence-corrected chi connectivity index (χ2v) is 8.78. The maximum Gasteiger partial charge on any atom is 0.234 e. The van der Waals surface area contributed by atoms with Gasteiger partial charge in [0.2, 0.25) is 12.3 Å². The van der Waals surface area contributed by atoms with Gasteiger partial charge in [-0.15, -0.1) is 6.58 Å². The van der Waals surface area contributed by atoms with Crippen molar-refractivity contribution in [3.05, 3.63) is 70.8 Å². The molecule has 2 aromatic rings. The smallest absolute Gasteiger partial charge is 0.234 e. The van der Waals surface area contributed by atoms with Gasteiger partial charge in [0, 0.05) is 29.5 Å². The summed E-state index contributed by atoms with van der Waals surface area (Å²) in [6.45, 7) is 16.2. The van der Waals surface area contributed by atoms with Gasteiger partial charge in [0.1, 0.15) is 0 Å². The normalized spacial score (nSPS) is 16.7. The van der Waals surface area contributed by atoms with Crippen molar-refractivity contribution in [2.75, 3.05) is 23.7 Å². The molecule has 1 saturated heterocycles. The van der Waals surface area contributed by atoms with E-state index >= 15 is 0 Å². The van der Waals surface area contributed by atoms with Crippen molar-refractivity contribution < 1.29 is 9.59 Å². The Labute approximate surface area is 196 Å². The molecular formula is C26H34ClN3O2. The zero-order valence-corrected chi connectivity index (χ0v) is 20.6. The van der Waals surface area contributed by atoms with E-state index in [0.29, 0.717) is 18.1 Å². The highest BCUT2D eigenvalue weighted by Gasteiger charge is 2.45. The zero-order valence-electron chi connectivity index (χ0n) is 19.9. The molecule has 1 fully saturated rings. The monoisotopic (exact) mass is 455 g/mol. The number of carbonyl (C=O) groups is 2. The van der Waals surface area contributed by atoms with Crippen molar-refractivity contribution in [3.63, 3.8) is 0 Å². The standard InChI is InChI=1S/C21H22ClN3O2.C3H6.C2H6/c1-13-15(5-4-6-17(13)22)21(10-25(11-21)12-26)24-14-7-8-16-18(9-14)23-19(27)20(16,2)3;1-3-2;1-2/h4-9,12,24H,10-11H2,1-3H3,(H,23,27);3H,1H2,2H3;1-2H3. The molecule has 2 aromatic carbocycles. The van der Waals surface area contributed by atoms with Crippen molar-refractivity contribution in [3.8, 4) is 0 Å². The van der Waals surface area contributed by atoms with Gasteiger partial charge in [-0.3, -0.25) is 9.59 Å². The second-order valence-electron chi connectivity index (χ2n) is 8.38. The molecule has 0 aliphatic carbocycles. The summed E-state index contributed by atoms with van der Waals surface area (Å²) in [6.07, 6.45) is 2.62. The van der Waals surface area contributed by atoms with Crippen LogP contribution in [-0.4, -0.2) is 30.3 Å². The van der Waals surface area contributed by atoms with E-state index in [4.69, 9.17) is 11.6 Å². The van der Waals surface area contributed by atoms with E-state index < -0.39 is 11.0 Å². The van der Waals surface area contributed by atoms with Crippen LogP contribution in [0.2, 0.25) is 5.02 Å². The lowest BCUT2D eigenvalue weighted by atomic mass is 9.80. The summed E-state index contributed by atoms with van der Waals surface area (Å²) in [5.41, 5.74) is 3.89. The number of hydrogen-bond acceptors (Lipinski definition) is 3. The Balaban J connectivity index is 0.000000671. The van der Waals surface area contributed by atoms with E-state index in [-0.39, 0.29) is 5.91 Å². The molecule has 6 heteroatoms. The fourth-order valence-corrected chi connectivity index (χ4v) is 4.29. The van der Waals surface area contributed by atoms with Crippen LogP contribution in [0.5, 0.6) is 0 Å². The summed E-state index contributed by atoms with van der Waals surface area (Å²) < 4.78 is 0. The molecule has 0 atom stereocenters. The molecule has 2 aliphatic heterocycles. The third-order valence-electron chi connectivity index (χ3n) is 5.77. The Hall–Kier alpha value is -2.79. The maximum atomic E-state index is 12.2. The number of hydrogen-bond donors (Lipinski definition) is 2. The van der Waals surface area contributed by atoms with Crippen LogP contribution < -0.4 is 10.6 Å². The van der Waals surface area contributed by atoms with E-state index in [1.54, 1.807) is 11.0 Å². The largest absolute Gasteiger partial charge is 0.372 e. The van der Waals surface area contributed by atoms with Crippen LogP contribution in [0.4, 0.5) is 11.4 Å². The number of likely N-dealkylation sites (tertiary alicyclic amines) is 1. The number of rotatable bonds is 4. The van der Waals surface area contributed by atoms with Gasteiger partial charge in [0.05, 0.1) is 11.0 Å². The van der Waals surface area contributed by atoms with Crippen molar-refractivity contribution in [2.45, 2.75) is 52.5 Å². The lowest BCUT2D eigenvalue weighted by molar-refractivity contribution is -0.124. The predicted octanol–water partition coefficient (Wildman–Crippen LogP) is 5.88. The fourth-order valence-electron chi connectivity index (χ4n) is 4.11. The Morgan fingerprint density at radius 2 is 1.78 bits per heavy atom. The van der Waals surface area contributed by atoms with Crippen molar-refractivity contribution in [1.82, 2.24) is 4.90 Å². The average molecular weight is 456 g/mol. The Bertz CT molecular complexity index is 995. The van der Waals surface area contributed by atoms with E-state index in [1.807, 2.05) is 71.9 Å². The first-order valence-corrected chi connectivity index (χ1v) is 11.3. The van der Waals surface area contributed by atoms with Crippen LogP contribution in [0.1, 0.15) is 51.3 Å². The van der Waals surface area contributed by atoms with Gasteiger partial charge in [-0.2, -0.15) is 0 Å². The van der Waals surface area contributed by atoms with Crippen LogP contribution in [0.25, 0.3) is 0 Å². The Morgan fingerprint density at radius 1 is 1.16 bits per heavy atom. The minimum Gasteiger partial charge on any atom is -0.372 e. The van der Waals surface area contributed by atoms with Crippen molar-refractivity contribution >= 4 is 35.3 Å². The van der Waals surface area contributed by atoms with Crippen LogP contribution in [0.3, 0.4) is 0 Å². The molecule has 2 heterocycles. The molecule has 2 aliphatic rings. The summed E-state index contributed by atoms with van der Waals surface area (Å²) in [6, 6.07) is 11.8. The highest BCUT2D eigenvalue weighted by atomic mass is 35.5. The summed E-state index contributed by atoms with van der Waals surface area (Å²) in [7, 11) is 0. The molecule has 4 rings (SSSR count). The Morgan fingerprint density at radius 3 is 2.38 bits per heavy atom. The number of amides is 2. The minimum absolute atomic E-state index is 0.00539. The molecule has 2 amide bonds. The number of fused-ring (bicyclic) bond motifs is 1. The van der Waals surface area contributed by atoms with Crippen LogP contribution in [0.15, 0.2) is 49.1 Å². The van der Waals surface area contributed by atoms with Gasteiger partial charge < -0.3 is 15.5 Å². The lowest BCUT2D eigenvalue weighted by Gasteiger charge is -2.50. The molecule has 0 bridgehead atoms. The summed E-state index contributed by atoms with van der Waals surface area (Å²) >= 11 is 6.34. The number of benzene rings is 2. The van der Waals surface area contributed by atoms with E-state index in [0.717, 1.165) is 34.5 Å². The molecule has 0 aromatic heterocycles. The molecule has 32 heavy (non-hydrogen) atoms. The molecule has 2 N–H and O–H groups in total. The van der Waals surface area contributed by atoms with E-state index in [1.165, 1.54) is 0 Å². The number of carbonyl (C=O) groups excluding carboxylic acids is 2. The van der Waals surface area contributed by atoms with Crippen molar-refractivity contribution in [1.29, 1.82) is 0 Å². The van der Waals surface area contributed by atoms with E-state index in [9.17, 15) is 9.59 Å². The molecule has 0 radical (unpaired) electrons. The minimum atomic E-state index is -0.528. The Kier molecular flexibility index (Phi) is 8.13. The summed E-state index contributed by atoms with van der Waals surface area (Å²) in [5.74, 6) is 0.00539. The first kappa shape index (κ1) is 25.5. The van der Waals surface area contributed by atoms with E-state index in [2.05, 4.69) is 23.3 Å². The van der Waals surface area contributed by atoms with Gasteiger partial charge in [0.15, 0.2) is 0 Å². The maximum absolute atomic E-state index is 12.2. The third-order valence-corrected chi connectivity index (χ3v) is 6.18. The average Bonchev–Trinajstić information content (AvgIpc) is 2.97. The SMILES string of the molecule is C=CC.CC.Cc1c(Cl)cccc1C1(Nc2ccc3c(c2)NC(=O)C3(C)C)CN(C=O)C1. The number of nitrogens with zero attached hydrogens (tertiary/aromatic N) is 1. The second kappa shape index (κ2) is 10.2. The molecule has 0 unspecified atom stereocenters. The number of anilines is 2. The topological polar surface area (TPSA) is 61.4 Å². The molecule has 0 saturated carbocycles. The quantitative estimate of drug-likeness (QED) is 0.447. The van der Waals surface area contributed by atoms with Gasteiger partial charge in [-0.05, 0) is 62.6 Å². The fraction of sp³-hybridized carbons (Fsp3) is 0.385. The van der Waals surface area contributed by atoms with Gasteiger partial charge >= 0.3 is 0 Å². The van der Waals surface area contributed by atoms with Crippen LogP contribution >= 0.6 is 11.6 Å². The number of allylic oxidation sites excluding steroid dienone is 1. The predicted molar refractivity (Wildman–Crippen MR) is 134 cm³/mol. The van der Waals surface area contributed by atoms with Crippen LogP contribution in [0, 0.1) is 6.92 Å². The first-order valence-electron chi connectivity index (χ1n) is 10.9. The number of nitrogens with one attached hydrogen (secondary N) is 2. The van der Waals surface area contributed by atoms with Gasteiger partial charge in [0.25, 0.3) is 0 Å². The molecule has 172 valence electrons. The first-order chi connectivity index (χ1) is 15.2. The zero-order chi connectivity index (χ0) is 24.1. The highest BCUT2D eigenvalue weighted by Crippen LogP contribution is 2.42.